The maximum Gasteiger partial charge on any atom is 0.314 e. The van der Waals surface area contributed by atoms with E-state index in [0.29, 0.717) is 5.92 Å². The summed E-state index contributed by atoms with van der Waals surface area (Å²) in [6.07, 6.45) is 5.94. The smallest absolute Gasteiger partial charge is 0.314 e. The molecule has 0 saturated heterocycles. The zero-order valence-corrected chi connectivity index (χ0v) is 11.7. The maximum absolute atomic E-state index is 13.4. The van der Waals surface area contributed by atoms with Crippen molar-refractivity contribution in [1.29, 1.82) is 0 Å². The van der Waals surface area contributed by atoms with Crippen LogP contribution in [0.4, 0.5) is 8.78 Å². The zero-order valence-electron chi connectivity index (χ0n) is 11.7. The van der Waals surface area contributed by atoms with E-state index in [1.54, 1.807) is 0 Å². The molecule has 0 amide bonds. The molecule has 0 bridgehead atoms. The van der Waals surface area contributed by atoms with Gasteiger partial charge in [-0.05, 0) is 43.7 Å². The van der Waals surface area contributed by atoms with E-state index in [2.05, 4.69) is 6.92 Å². The Morgan fingerprint density at radius 1 is 1.25 bits per heavy atom. The van der Waals surface area contributed by atoms with Crippen LogP contribution in [-0.4, -0.2) is 5.97 Å². The van der Waals surface area contributed by atoms with Gasteiger partial charge in [0.05, 0.1) is 5.92 Å². The zero-order chi connectivity index (χ0) is 14.5. The molecule has 0 aliphatic heterocycles. The average Bonchev–Trinajstić information content (AvgIpc) is 2.45. The molecule has 1 aliphatic carbocycles. The van der Waals surface area contributed by atoms with Crippen LogP contribution in [0.5, 0.6) is 5.75 Å². The van der Waals surface area contributed by atoms with Crippen LogP contribution >= 0.6 is 0 Å². The van der Waals surface area contributed by atoms with E-state index in [1.165, 1.54) is 18.6 Å². The molecular formula is C16H20F2O2. The normalized spacial score (nSPS) is 22.6. The van der Waals surface area contributed by atoms with Gasteiger partial charge >= 0.3 is 5.97 Å². The number of rotatable bonds is 4. The van der Waals surface area contributed by atoms with E-state index in [9.17, 15) is 13.6 Å². The fourth-order valence-corrected chi connectivity index (χ4v) is 2.85. The SMILES string of the molecule is CCCC1CCC(C(=O)Oc2cccc(F)c2F)CC1. The Bertz CT molecular complexity index is 466. The highest BCUT2D eigenvalue weighted by molar-refractivity contribution is 5.75. The number of benzene rings is 1. The molecule has 0 aromatic heterocycles. The first-order valence-electron chi connectivity index (χ1n) is 7.27. The summed E-state index contributed by atoms with van der Waals surface area (Å²) in [6, 6.07) is 3.61. The largest absolute Gasteiger partial charge is 0.423 e. The van der Waals surface area contributed by atoms with Gasteiger partial charge in [-0.3, -0.25) is 4.79 Å². The number of hydrogen-bond acceptors (Lipinski definition) is 2. The van der Waals surface area contributed by atoms with Gasteiger partial charge in [-0.2, -0.15) is 4.39 Å². The molecule has 4 heteroatoms. The van der Waals surface area contributed by atoms with E-state index < -0.39 is 17.6 Å². The van der Waals surface area contributed by atoms with Crippen LogP contribution < -0.4 is 4.74 Å². The topological polar surface area (TPSA) is 26.3 Å². The van der Waals surface area contributed by atoms with Gasteiger partial charge in [0.15, 0.2) is 11.6 Å². The molecule has 2 nitrogen and oxygen atoms in total. The monoisotopic (exact) mass is 282 g/mol. The highest BCUT2D eigenvalue weighted by Gasteiger charge is 2.28. The molecule has 0 unspecified atom stereocenters. The van der Waals surface area contributed by atoms with E-state index in [1.807, 2.05) is 0 Å². The van der Waals surface area contributed by atoms with Gasteiger partial charge in [-0.15, -0.1) is 0 Å². The molecule has 0 radical (unpaired) electrons. The van der Waals surface area contributed by atoms with Gasteiger partial charge in [0, 0.05) is 0 Å². The summed E-state index contributed by atoms with van der Waals surface area (Å²) in [4.78, 5) is 12.0. The number of carbonyl (C=O) groups is 1. The predicted octanol–water partition coefficient (Wildman–Crippen LogP) is 4.48. The third kappa shape index (κ3) is 3.56. The number of halogens is 2. The number of esters is 1. The van der Waals surface area contributed by atoms with Gasteiger partial charge in [-0.1, -0.05) is 25.8 Å². The van der Waals surface area contributed by atoms with Crippen molar-refractivity contribution in [2.24, 2.45) is 11.8 Å². The van der Waals surface area contributed by atoms with Gasteiger partial charge in [0.25, 0.3) is 0 Å². The Labute approximate surface area is 118 Å². The van der Waals surface area contributed by atoms with Crippen molar-refractivity contribution in [2.45, 2.75) is 45.4 Å². The van der Waals surface area contributed by atoms with Crippen LogP contribution in [-0.2, 0) is 4.79 Å². The third-order valence-electron chi connectivity index (χ3n) is 4.00. The Morgan fingerprint density at radius 2 is 1.95 bits per heavy atom. The van der Waals surface area contributed by atoms with E-state index >= 15 is 0 Å². The highest BCUT2D eigenvalue weighted by atomic mass is 19.2. The van der Waals surface area contributed by atoms with Crippen LogP contribution in [0.2, 0.25) is 0 Å². The molecule has 1 fully saturated rings. The van der Waals surface area contributed by atoms with Crippen LogP contribution in [0, 0.1) is 23.5 Å². The minimum Gasteiger partial charge on any atom is -0.423 e. The first kappa shape index (κ1) is 14.9. The van der Waals surface area contributed by atoms with Crippen LogP contribution in [0.15, 0.2) is 18.2 Å². The first-order valence-corrected chi connectivity index (χ1v) is 7.27. The maximum atomic E-state index is 13.4. The van der Waals surface area contributed by atoms with Crippen molar-refractivity contribution in [3.63, 3.8) is 0 Å². The van der Waals surface area contributed by atoms with Gasteiger partial charge < -0.3 is 4.74 Å². The fraction of sp³-hybridized carbons (Fsp3) is 0.562. The quantitative estimate of drug-likeness (QED) is 0.601. The Balaban J connectivity index is 1.91. The molecule has 2 rings (SSSR count). The second kappa shape index (κ2) is 6.82. The molecule has 110 valence electrons. The predicted molar refractivity (Wildman–Crippen MR) is 72.3 cm³/mol. The fourth-order valence-electron chi connectivity index (χ4n) is 2.85. The van der Waals surface area contributed by atoms with Crippen molar-refractivity contribution in [3.8, 4) is 5.75 Å². The minimum atomic E-state index is -1.10. The lowest BCUT2D eigenvalue weighted by atomic mass is 9.80. The molecule has 0 atom stereocenters. The Kier molecular flexibility index (Phi) is 5.10. The number of hydrogen-bond donors (Lipinski definition) is 0. The van der Waals surface area contributed by atoms with Crippen LogP contribution in [0.3, 0.4) is 0 Å². The van der Waals surface area contributed by atoms with E-state index in [4.69, 9.17) is 4.74 Å². The summed E-state index contributed by atoms with van der Waals surface area (Å²) in [7, 11) is 0. The van der Waals surface area contributed by atoms with Gasteiger partial charge in [0.1, 0.15) is 0 Å². The summed E-state index contributed by atoms with van der Waals surface area (Å²) in [5.74, 6) is -2.35. The molecule has 1 aliphatic rings. The second-order valence-corrected chi connectivity index (χ2v) is 5.48. The van der Waals surface area contributed by atoms with E-state index in [0.717, 1.165) is 38.2 Å². The minimum absolute atomic E-state index is 0.189. The van der Waals surface area contributed by atoms with Crippen molar-refractivity contribution in [3.05, 3.63) is 29.8 Å². The molecule has 1 aromatic rings. The summed E-state index contributed by atoms with van der Waals surface area (Å²) >= 11 is 0. The lowest BCUT2D eigenvalue weighted by Gasteiger charge is -2.26. The van der Waals surface area contributed by atoms with Gasteiger partial charge in [-0.25, -0.2) is 4.39 Å². The second-order valence-electron chi connectivity index (χ2n) is 5.48. The standard InChI is InChI=1S/C16H20F2O2/c1-2-4-11-7-9-12(10-8-11)16(19)20-14-6-3-5-13(17)15(14)18/h3,5-6,11-12H,2,4,7-10H2,1H3. The third-order valence-corrected chi connectivity index (χ3v) is 4.00. The summed E-state index contributed by atoms with van der Waals surface area (Å²) in [5, 5.41) is 0. The van der Waals surface area contributed by atoms with Crippen molar-refractivity contribution >= 4 is 5.97 Å². The highest BCUT2D eigenvalue weighted by Crippen LogP contribution is 2.32. The molecule has 1 saturated carbocycles. The molecule has 1 aromatic carbocycles. The van der Waals surface area contributed by atoms with Crippen LogP contribution in [0.1, 0.15) is 45.4 Å². The Hall–Kier alpha value is -1.45. The van der Waals surface area contributed by atoms with Crippen LogP contribution in [0.25, 0.3) is 0 Å². The summed E-state index contributed by atoms with van der Waals surface area (Å²) in [6.45, 7) is 2.16. The van der Waals surface area contributed by atoms with Crippen molar-refractivity contribution < 1.29 is 18.3 Å². The number of carbonyl (C=O) groups excluding carboxylic acids is 1. The summed E-state index contributed by atoms with van der Waals surface area (Å²) in [5.41, 5.74) is 0. The lowest BCUT2D eigenvalue weighted by molar-refractivity contribution is -0.140. The van der Waals surface area contributed by atoms with E-state index in [-0.39, 0.29) is 11.7 Å². The van der Waals surface area contributed by atoms with Gasteiger partial charge in [0.2, 0.25) is 5.82 Å². The number of ether oxygens (including phenoxy) is 1. The van der Waals surface area contributed by atoms with Crippen molar-refractivity contribution in [1.82, 2.24) is 0 Å². The molecule has 20 heavy (non-hydrogen) atoms. The Morgan fingerprint density at radius 3 is 2.60 bits per heavy atom. The summed E-state index contributed by atoms with van der Waals surface area (Å²) < 4.78 is 31.5. The molecule has 0 heterocycles. The lowest BCUT2D eigenvalue weighted by Crippen LogP contribution is -2.26. The first-order chi connectivity index (χ1) is 9.61. The molecule has 0 spiro atoms. The van der Waals surface area contributed by atoms with Crippen molar-refractivity contribution in [2.75, 3.05) is 0 Å². The molecular weight excluding hydrogens is 262 g/mol. The average molecular weight is 282 g/mol. The molecule has 0 N–H and O–H groups in total.